The van der Waals surface area contributed by atoms with Crippen molar-refractivity contribution in [2.75, 3.05) is 13.2 Å². The molecule has 0 aromatic heterocycles. The van der Waals surface area contributed by atoms with Gasteiger partial charge in [0, 0.05) is 0 Å². The third kappa shape index (κ3) is 12.3. The lowest BCUT2D eigenvalue weighted by Gasteiger charge is -2.03. The molecule has 2 nitrogen and oxygen atoms in total. The number of rotatable bonds is 8. The molecule has 0 aliphatic heterocycles. The highest BCUT2D eigenvalue weighted by Gasteiger charge is 2.44. The summed E-state index contributed by atoms with van der Waals surface area (Å²) in [6.07, 6.45) is 12.0. The van der Waals surface area contributed by atoms with Crippen molar-refractivity contribution < 1.29 is 10.2 Å². The highest BCUT2D eigenvalue weighted by molar-refractivity contribution is 5.02. The molecule has 1 atom stereocenters. The molecule has 1 saturated carbocycles. The van der Waals surface area contributed by atoms with Crippen LogP contribution < -0.4 is 0 Å². The average molecular weight is 323 g/mol. The second-order valence-corrected chi connectivity index (χ2v) is 7.71. The van der Waals surface area contributed by atoms with Crippen molar-refractivity contribution in [1.82, 2.24) is 0 Å². The highest BCUT2D eigenvalue weighted by Crippen LogP contribution is 2.54. The molecule has 2 heteroatoms. The molecule has 1 unspecified atom stereocenters. The standard InChI is InChI=1S/C11H20O.C10H18O/c1-9(6-7-12)4-5-10-8-11(10,2)3;1-9(2)5-4-6-10(3)7-8-11/h6,10,12H,4-5,7-8H2,1-3H3;5,7,11H,4,6,8H2,1-3H3/b9-6+;10-7+. The zero-order chi connectivity index (χ0) is 17.9. The van der Waals surface area contributed by atoms with E-state index in [0.717, 1.165) is 25.2 Å². The van der Waals surface area contributed by atoms with Crippen LogP contribution in [0.25, 0.3) is 0 Å². The van der Waals surface area contributed by atoms with Crippen LogP contribution in [0.3, 0.4) is 0 Å². The molecular weight excluding hydrogens is 284 g/mol. The lowest BCUT2D eigenvalue weighted by atomic mass is 10.0. The Kier molecular flexibility index (Phi) is 11.2. The summed E-state index contributed by atoms with van der Waals surface area (Å²) in [6.45, 7) is 13.4. The van der Waals surface area contributed by atoms with Crippen LogP contribution in [0, 0.1) is 11.3 Å². The van der Waals surface area contributed by atoms with Gasteiger partial charge in [-0.2, -0.15) is 0 Å². The molecular formula is C21H38O2. The van der Waals surface area contributed by atoms with E-state index in [1.54, 1.807) is 0 Å². The van der Waals surface area contributed by atoms with Gasteiger partial charge >= 0.3 is 0 Å². The van der Waals surface area contributed by atoms with Gasteiger partial charge in [0.2, 0.25) is 0 Å². The average Bonchev–Trinajstić information content (AvgIpc) is 3.05. The Hall–Kier alpha value is -0.860. The van der Waals surface area contributed by atoms with Gasteiger partial charge in [0.1, 0.15) is 0 Å². The van der Waals surface area contributed by atoms with E-state index in [2.05, 4.69) is 47.6 Å². The summed E-state index contributed by atoms with van der Waals surface area (Å²) < 4.78 is 0. The summed E-state index contributed by atoms with van der Waals surface area (Å²) in [5.74, 6) is 0.930. The van der Waals surface area contributed by atoms with Crippen molar-refractivity contribution >= 4 is 0 Å². The van der Waals surface area contributed by atoms with E-state index in [0.29, 0.717) is 5.41 Å². The summed E-state index contributed by atoms with van der Waals surface area (Å²) in [6, 6.07) is 0. The molecule has 0 heterocycles. The van der Waals surface area contributed by atoms with Crippen molar-refractivity contribution in [3.63, 3.8) is 0 Å². The second-order valence-electron chi connectivity index (χ2n) is 7.71. The van der Waals surface area contributed by atoms with Crippen molar-refractivity contribution in [2.24, 2.45) is 11.3 Å². The topological polar surface area (TPSA) is 40.5 Å². The molecule has 1 fully saturated rings. The van der Waals surface area contributed by atoms with Gasteiger partial charge in [-0.25, -0.2) is 0 Å². The lowest BCUT2D eigenvalue weighted by Crippen LogP contribution is -1.91. The summed E-state index contributed by atoms with van der Waals surface area (Å²) in [5, 5.41) is 17.2. The fourth-order valence-electron chi connectivity index (χ4n) is 2.58. The van der Waals surface area contributed by atoms with Crippen LogP contribution in [0.15, 0.2) is 34.9 Å². The number of allylic oxidation sites excluding steroid dienone is 4. The minimum atomic E-state index is 0.167. The molecule has 1 aliphatic rings. The maximum Gasteiger partial charge on any atom is 0.0614 e. The summed E-state index contributed by atoms with van der Waals surface area (Å²) in [4.78, 5) is 0. The van der Waals surface area contributed by atoms with E-state index in [9.17, 15) is 0 Å². The van der Waals surface area contributed by atoms with Gasteiger partial charge in [0.05, 0.1) is 13.2 Å². The molecule has 0 bridgehead atoms. The minimum Gasteiger partial charge on any atom is -0.392 e. The first kappa shape index (κ1) is 22.1. The van der Waals surface area contributed by atoms with Crippen molar-refractivity contribution in [3.05, 3.63) is 34.9 Å². The maximum absolute atomic E-state index is 8.64. The predicted octanol–water partition coefficient (Wildman–Crippen LogP) is 5.42. The minimum absolute atomic E-state index is 0.167. The molecule has 23 heavy (non-hydrogen) atoms. The Morgan fingerprint density at radius 2 is 1.39 bits per heavy atom. The van der Waals surface area contributed by atoms with Crippen molar-refractivity contribution in [3.8, 4) is 0 Å². The Morgan fingerprint density at radius 1 is 0.913 bits per heavy atom. The van der Waals surface area contributed by atoms with Gasteiger partial charge in [0.15, 0.2) is 0 Å². The van der Waals surface area contributed by atoms with Gasteiger partial charge in [-0.1, -0.05) is 48.8 Å². The van der Waals surface area contributed by atoms with Crippen LogP contribution in [-0.4, -0.2) is 23.4 Å². The van der Waals surface area contributed by atoms with Crippen LogP contribution in [0.2, 0.25) is 0 Å². The molecule has 0 aromatic rings. The molecule has 1 aliphatic carbocycles. The van der Waals surface area contributed by atoms with Crippen LogP contribution in [0.5, 0.6) is 0 Å². The van der Waals surface area contributed by atoms with Gasteiger partial charge in [-0.15, -0.1) is 0 Å². The fourth-order valence-corrected chi connectivity index (χ4v) is 2.58. The van der Waals surface area contributed by atoms with Crippen LogP contribution in [-0.2, 0) is 0 Å². The molecule has 0 amide bonds. The van der Waals surface area contributed by atoms with E-state index in [4.69, 9.17) is 10.2 Å². The first-order valence-corrected chi connectivity index (χ1v) is 8.89. The van der Waals surface area contributed by atoms with Crippen molar-refractivity contribution in [1.29, 1.82) is 0 Å². The molecule has 0 radical (unpaired) electrons. The lowest BCUT2D eigenvalue weighted by molar-refractivity contribution is 0.341. The van der Waals surface area contributed by atoms with E-state index in [1.807, 2.05) is 12.2 Å². The third-order valence-corrected chi connectivity index (χ3v) is 4.58. The van der Waals surface area contributed by atoms with E-state index in [1.165, 1.54) is 29.6 Å². The highest BCUT2D eigenvalue weighted by atomic mass is 16.3. The fraction of sp³-hybridized carbons (Fsp3) is 0.714. The maximum atomic E-state index is 8.64. The monoisotopic (exact) mass is 322 g/mol. The smallest absolute Gasteiger partial charge is 0.0614 e. The quantitative estimate of drug-likeness (QED) is 0.586. The molecule has 1 rings (SSSR count). The first-order valence-electron chi connectivity index (χ1n) is 8.89. The van der Waals surface area contributed by atoms with Crippen LogP contribution in [0.4, 0.5) is 0 Å². The van der Waals surface area contributed by atoms with Crippen LogP contribution in [0.1, 0.15) is 73.6 Å². The van der Waals surface area contributed by atoms with Gasteiger partial charge in [0.25, 0.3) is 0 Å². The summed E-state index contributed by atoms with van der Waals surface area (Å²) >= 11 is 0. The number of hydrogen-bond donors (Lipinski definition) is 2. The van der Waals surface area contributed by atoms with Gasteiger partial charge in [-0.3, -0.25) is 0 Å². The zero-order valence-electron chi connectivity index (χ0n) is 16.2. The normalized spacial score (nSPS) is 19.7. The van der Waals surface area contributed by atoms with Crippen molar-refractivity contribution in [2.45, 2.75) is 73.6 Å². The predicted molar refractivity (Wildman–Crippen MR) is 101 cm³/mol. The third-order valence-electron chi connectivity index (χ3n) is 4.58. The zero-order valence-corrected chi connectivity index (χ0v) is 16.2. The Labute approximate surface area is 144 Å². The number of aliphatic hydroxyl groups excluding tert-OH is 2. The molecule has 0 aromatic carbocycles. The summed E-state index contributed by atoms with van der Waals surface area (Å²) in [7, 11) is 0. The Balaban J connectivity index is 0.000000423. The van der Waals surface area contributed by atoms with E-state index >= 15 is 0 Å². The van der Waals surface area contributed by atoms with E-state index in [-0.39, 0.29) is 13.2 Å². The Bertz CT molecular complexity index is 410. The molecule has 0 saturated heterocycles. The number of aliphatic hydroxyl groups is 2. The second kappa shape index (κ2) is 11.6. The summed E-state index contributed by atoms with van der Waals surface area (Å²) in [5.41, 5.74) is 4.58. The van der Waals surface area contributed by atoms with Crippen LogP contribution >= 0.6 is 0 Å². The number of hydrogen-bond acceptors (Lipinski definition) is 2. The molecule has 2 N–H and O–H groups in total. The van der Waals surface area contributed by atoms with Gasteiger partial charge < -0.3 is 10.2 Å². The largest absolute Gasteiger partial charge is 0.392 e. The SMILES string of the molecule is C/C(=C\CO)CCC1CC1(C)C.CC(C)=CCC/C(C)=C/CO. The first-order chi connectivity index (χ1) is 10.7. The molecule has 134 valence electrons. The Morgan fingerprint density at radius 3 is 1.78 bits per heavy atom. The van der Waals surface area contributed by atoms with E-state index < -0.39 is 0 Å². The van der Waals surface area contributed by atoms with Gasteiger partial charge in [-0.05, 0) is 71.1 Å². The molecule has 0 spiro atoms.